The first-order chi connectivity index (χ1) is 10.9. The molecule has 134 valence electrons. The number of hydrogen-bond acceptors (Lipinski definition) is 4. The molecule has 2 aliphatic rings. The molecule has 0 aromatic heterocycles. The van der Waals surface area contributed by atoms with Gasteiger partial charge in [-0.3, -0.25) is 0 Å². The summed E-state index contributed by atoms with van der Waals surface area (Å²) in [5, 5.41) is 7.38. The number of ether oxygens (including phenoxy) is 1. The van der Waals surface area contributed by atoms with Crippen LogP contribution in [0.15, 0.2) is 0 Å². The fourth-order valence-corrected chi connectivity index (χ4v) is 3.82. The van der Waals surface area contributed by atoms with Gasteiger partial charge in [0.25, 0.3) is 0 Å². The number of likely N-dealkylation sites (N-methyl/N-ethyl adjacent to an activating group) is 1. The molecule has 3 unspecified atom stereocenters. The Balaban J connectivity index is 1.74. The summed E-state index contributed by atoms with van der Waals surface area (Å²) in [6, 6.07) is 1.28. The Morgan fingerprint density at radius 1 is 1.22 bits per heavy atom. The molecule has 0 aromatic rings. The zero-order chi connectivity index (χ0) is 16.9. The van der Waals surface area contributed by atoms with E-state index in [0.29, 0.717) is 18.6 Å². The predicted molar refractivity (Wildman–Crippen MR) is 93.6 cm³/mol. The van der Waals surface area contributed by atoms with Gasteiger partial charge in [0, 0.05) is 32.2 Å². The van der Waals surface area contributed by atoms with Crippen LogP contribution in [0.25, 0.3) is 0 Å². The minimum absolute atomic E-state index is 0.239. The van der Waals surface area contributed by atoms with Crippen LogP contribution in [0.2, 0.25) is 0 Å². The summed E-state index contributed by atoms with van der Waals surface area (Å²) in [6.45, 7) is 8.41. The minimum atomic E-state index is -0.429. The molecule has 23 heavy (non-hydrogen) atoms. The molecule has 0 radical (unpaired) electrons. The van der Waals surface area contributed by atoms with Gasteiger partial charge in [0.1, 0.15) is 5.60 Å². The molecule has 5 heteroatoms. The van der Waals surface area contributed by atoms with Crippen LogP contribution in [-0.4, -0.2) is 55.4 Å². The van der Waals surface area contributed by atoms with Gasteiger partial charge in [-0.15, -0.1) is 0 Å². The highest BCUT2D eigenvalue weighted by atomic mass is 16.6. The van der Waals surface area contributed by atoms with Crippen LogP contribution in [-0.2, 0) is 4.74 Å². The molecule has 2 rings (SSSR count). The van der Waals surface area contributed by atoms with E-state index in [9.17, 15) is 4.79 Å². The third-order valence-electron chi connectivity index (χ3n) is 4.99. The summed E-state index contributed by atoms with van der Waals surface area (Å²) in [4.78, 5) is 13.7. The smallest absolute Gasteiger partial charge is 0.410 e. The van der Waals surface area contributed by atoms with Gasteiger partial charge in [-0.25, -0.2) is 4.79 Å². The third kappa shape index (κ3) is 5.96. The van der Waals surface area contributed by atoms with Crippen molar-refractivity contribution in [3.8, 4) is 0 Å². The Bertz CT molecular complexity index is 375. The van der Waals surface area contributed by atoms with Crippen molar-refractivity contribution >= 4 is 6.09 Å². The van der Waals surface area contributed by atoms with Crippen molar-refractivity contribution in [2.24, 2.45) is 5.92 Å². The lowest BCUT2D eigenvalue weighted by Crippen LogP contribution is -2.49. The van der Waals surface area contributed by atoms with Crippen molar-refractivity contribution in [1.29, 1.82) is 0 Å². The second-order valence-corrected chi connectivity index (χ2v) is 8.11. The van der Waals surface area contributed by atoms with Gasteiger partial charge in [-0.1, -0.05) is 12.8 Å². The van der Waals surface area contributed by atoms with E-state index < -0.39 is 5.60 Å². The molecule has 1 aliphatic heterocycles. The van der Waals surface area contributed by atoms with Crippen molar-refractivity contribution in [3.05, 3.63) is 0 Å². The van der Waals surface area contributed by atoms with Gasteiger partial charge in [-0.05, 0) is 58.9 Å². The van der Waals surface area contributed by atoms with Crippen LogP contribution in [0.5, 0.6) is 0 Å². The highest BCUT2D eigenvalue weighted by Crippen LogP contribution is 2.30. The normalized spacial score (nSPS) is 28.6. The molecule has 2 N–H and O–H groups in total. The SMILES string of the molecule is CN(CCNC1CCCCC1C1CCCN1)C(=O)OC(C)(C)C. The van der Waals surface area contributed by atoms with Crippen LogP contribution in [0.4, 0.5) is 4.79 Å². The standard InChI is InChI=1S/C18H35N3O2/c1-18(2,3)23-17(22)21(4)13-12-20-15-9-6-5-8-14(15)16-10-7-11-19-16/h14-16,19-20H,5-13H2,1-4H3. The molecule has 3 atom stereocenters. The lowest BCUT2D eigenvalue weighted by Gasteiger charge is -2.36. The van der Waals surface area contributed by atoms with Gasteiger partial charge in [0.2, 0.25) is 0 Å². The largest absolute Gasteiger partial charge is 0.444 e. The van der Waals surface area contributed by atoms with Gasteiger partial charge in [0.05, 0.1) is 0 Å². The van der Waals surface area contributed by atoms with Crippen molar-refractivity contribution in [2.45, 2.75) is 77.0 Å². The number of carbonyl (C=O) groups is 1. The van der Waals surface area contributed by atoms with Crippen LogP contribution in [0, 0.1) is 5.92 Å². The summed E-state index contributed by atoms with van der Waals surface area (Å²) in [5.74, 6) is 0.748. The number of carbonyl (C=O) groups excluding carboxylic acids is 1. The average Bonchev–Trinajstić information content (AvgIpc) is 3.00. The van der Waals surface area contributed by atoms with Crippen LogP contribution in [0.1, 0.15) is 59.3 Å². The van der Waals surface area contributed by atoms with Gasteiger partial charge < -0.3 is 20.3 Å². The van der Waals surface area contributed by atoms with E-state index in [4.69, 9.17) is 4.74 Å². The Kier molecular flexibility index (Phi) is 6.72. The summed E-state index contributed by atoms with van der Waals surface area (Å²) >= 11 is 0. The zero-order valence-electron chi connectivity index (χ0n) is 15.4. The number of amides is 1. The molecule has 1 saturated heterocycles. The number of rotatable bonds is 5. The van der Waals surface area contributed by atoms with E-state index in [1.165, 1.54) is 45.1 Å². The molecular weight excluding hydrogens is 290 g/mol. The molecule has 1 aliphatic carbocycles. The molecule has 0 bridgehead atoms. The van der Waals surface area contributed by atoms with E-state index >= 15 is 0 Å². The van der Waals surface area contributed by atoms with E-state index in [1.807, 2.05) is 27.8 Å². The van der Waals surface area contributed by atoms with Crippen LogP contribution in [0.3, 0.4) is 0 Å². The van der Waals surface area contributed by atoms with Gasteiger partial charge in [-0.2, -0.15) is 0 Å². The first kappa shape index (κ1) is 18.5. The van der Waals surface area contributed by atoms with Gasteiger partial charge in [0.15, 0.2) is 0 Å². The summed E-state index contributed by atoms with van der Waals surface area (Å²) < 4.78 is 5.39. The van der Waals surface area contributed by atoms with Crippen molar-refractivity contribution in [3.63, 3.8) is 0 Å². The Morgan fingerprint density at radius 2 is 1.96 bits per heavy atom. The van der Waals surface area contributed by atoms with Crippen molar-refractivity contribution in [1.82, 2.24) is 15.5 Å². The third-order valence-corrected chi connectivity index (χ3v) is 4.99. The second kappa shape index (κ2) is 8.34. The monoisotopic (exact) mass is 325 g/mol. The fourth-order valence-electron chi connectivity index (χ4n) is 3.82. The van der Waals surface area contributed by atoms with Crippen LogP contribution < -0.4 is 10.6 Å². The zero-order valence-corrected chi connectivity index (χ0v) is 15.4. The Morgan fingerprint density at radius 3 is 2.61 bits per heavy atom. The molecular formula is C18H35N3O2. The summed E-state index contributed by atoms with van der Waals surface area (Å²) in [6.07, 6.45) is 7.67. The highest BCUT2D eigenvalue weighted by molar-refractivity contribution is 5.67. The lowest BCUT2D eigenvalue weighted by molar-refractivity contribution is 0.0297. The second-order valence-electron chi connectivity index (χ2n) is 8.11. The Hall–Kier alpha value is -0.810. The van der Waals surface area contributed by atoms with E-state index in [2.05, 4.69) is 10.6 Å². The summed E-state index contributed by atoms with van der Waals surface area (Å²) in [5.41, 5.74) is -0.429. The molecule has 0 aromatic carbocycles. The van der Waals surface area contributed by atoms with Crippen molar-refractivity contribution in [2.75, 3.05) is 26.7 Å². The maximum absolute atomic E-state index is 12.0. The number of nitrogens with one attached hydrogen (secondary N) is 2. The molecule has 1 amide bonds. The lowest BCUT2D eigenvalue weighted by atomic mass is 9.79. The quantitative estimate of drug-likeness (QED) is 0.816. The number of nitrogens with zero attached hydrogens (tertiary/aromatic N) is 1. The maximum Gasteiger partial charge on any atom is 0.410 e. The van der Waals surface area contributed by atoms with Crippen molar-refractivity contribution < 1.29 is 9.53 Å². The number of hydrogen-bond donors (Lipinski definition) is 2. The topological polar surface area (TPSA) is 53.6 Å². The van der Waals surface area contributed by atoms with E-state index in [0.717, 1.165) is 12.5 Å². The maximum atomic E-state index is 12.0. The summed E-state index contributed by atoms with van der Waals surface area (Å²) in [7, 11) is 1.81. The molecule has 1 heterocycles. The van der Waals surface area contributed by atoms with Gasteiger partial charge >= 0.3 is 6.09 Å². The Labute approximate surface area is 141 Å². The molecule has 5 nitrogen and oxygen atoms in total. The fraction of sp³-hybridized carbons (Fsp3) is 0.944. The molecule has 0 spiro atoms. The molecule has 2 fully saturated rings. The predicted octanol–water partition coefficient (Wildman–Crippen LogP) is 2.75. The minimum Gasteiger partial charge on any atom is -0.444 e. The first-order valence-electron chi connectivity index (χ1n) is 9.28. The van der Waals surface area contributed by atoms with Crippen LogP contribution >= 0.6 is 0 Å². The van der Waals surface area contributed by atoms with E-state index in [1.54, 1.807) is 4.90 Å². The van der Waals surface area contributed by atoms with E-state index in [-0.39, 0.29) is 6.09 Å². The first-order valence-corrected chi connectivity index (χ1v) is 9.28. The molecule has 1 saturated carbocycles. The average molecular weight is 325 g/mol. The highest BCUT2D eigenvalue weighted by Gasteiger charge is 2.32.